The highest BCUT2D eigenvalue weighted by Crippen LogP contribution is 2.30. The molecule has 1 heterocycles. The molecular weight excluding hydrogens is 320 g/mol. The largest absolute Gasteiger partial charge is 0.493 e. The van der Waals surface area contributed by atoms with E-state index in [0.29, 0.717) is 31.4 Å². The van der Waals surface area contributed by atoms with Crippen molar-refractivity contribution in [1.82, 2.24) is 9.80 Å². The fourth-order valence-corrected chi connectivity index (χ4v) is 3.11. The minimum atomic E-state index is -0.265. The van der Waals surface area contributed by atoms with Gasteiger partial charge in [0.15, 0.2) is 11.5 Å². The molecule has 2 rings (SSSR count). The van der Waals surface area contributed by atoms with Crippen LogP contribution < -0.4 is 9.47 Å². The maximum atomic E-state index is 12.3. The van der Waals surface area contributed by atoms with E-state index in [9.17, 15) is 9.90 Å². The number of nitrogens with zero attached hydrogens (tertiary/aromatic N) is 2. The van der Waals surface area contributed by atoms with Crippen molar-refractivity contribution in [3.05, 3.63) is 23.8 Å². The number of hydrogen-bond acceptors (Lipinski definition) is 5. The van der Waals surface area contributed by atoms with E-state index in [1.807, 2.05) is 30.0 Å². The third-order valence-electron chi connectivity index (χ3n) is 4.56. The lowest BCUT2D eigenvalue weighted by Crippen LogP contribution is -2.60. The van der Waals surface area contributed by atoms with E-state index in [-0.39, 0.29) is 24.6 Å². The van der Waals surface area contributed by atoms with Crippen LogP contribution in [-0.4, -0.2) is 66.8 Å². The summed E-state index contributed by atoms with van der Waals surface area (Å²) in [6.45, 7) is 7.85. The first-order valence-corrected chi connectivity index (χ1v) is 8.78. The maximum absolute atomic E-state index is 12.3. The standard InChI is InChI=1S/C19H30N2O4/c1-13(2)12-25-17-7-6-15(8-18(17)24-5)9-21-14(3)19(23)20(4)10-16(21)11-22/h6-8,13-14,16,22H,9-12H2,1-5H3/t14-,16-/m0/s1. The minimum absolute atomic E-state index is 0.0225. The first kappa shape index (κ1) is 19.5. The summed E-state index contributed by atoms with van der Waals surface area (Å²) in [6.07, 6.45) is 0. The molecule has 2 atom stereocenters. The molecule has 1 amide bonds. The maximum Gasteiger partial charge on any atom is 0.239 e. The Labute approximate surface area is 150 Å². The predicted octanol–water partition coefficient (Wildman–Crippen LogP) is 1.75. The Balaban J connectivity index is 2.16. The lowest BCUT2D eigenvalue weighted by molar-refractivity contribution is -0.144. The second kappa shape index (κ2) is 8.54. The third kappa shape index (κ3) is 4.64. The predicted molar refractivity (Wildman–Crippen MR) is 96.8 cm³/mol. The highest BCUT2D eigenvalue weighted by Gasteiger charge is 2.36. The van der Waals surface area contributed by atoms with Crippen LogP contribution in [0.25, 0.3) is 0 Å². The van der Waals surface area contributed by atoms with Gasteiger partial charge >= 0.3 is 0 Å². The molecule has 0 bridgehead atoms. The van der Waals surface area contributed by atoms with E-state index in [1.54, 1.807) is 19.1 Å². The molecule has 0 aliphatic carbocycles. The molecule has 25 heavy (non-hydrogen) atoms. The summed E-state index contributed by atoms with van der Waals surface area (Å²) in [6, 6.07) is 5.51. The van der Waals surface area contributed by atoms with Gasteiger partial charge in [-0.15, -0.1) is 0 Å². The van der Waals surface area contributed by atoms with Gasteiger partial charge < -0.3 is 19.5 Å². The average molecular weight is 350 g/mol. The Morgan fingerprint density at radius 2 is 2.04 bits per heavy atom. The normalized spacial score (nSPS) is 21.7. The number of benzene rings is 1. The number of carbonyl (C=O) groups excluding carboxylic acids is 1. The zero-order chi connectivity index (χ0) is 18.6. The summed E-state index contributed by atoms with van der Waals surface area (Å²) < 4.78 is 11.2. The van der Waals surface area contributed by atoms with Crippen LogP contribution in [0.1, 0.15) is 26.3 Å². The van der Waals surface area contributed by atoms with Crippen LogP contribution in [-0.2, 0) is 11.3 Å². The Kier molecular flexibility index (Phi) is 6.67. The van der Waals surface area contributed by atoms with Gasteiger partial charge in [-0.25, -0.2) is 0 Å². The Morgan fingerprint density at radius 1 is 1.32 bits per heavy atom. The van der Waals surface area contributed by atoms with Crippen molar-refractivity contribution < 1.29 is 19.4 Å². The molecule has 1 aromatic rings. The molecule has 0 unspecified atom stereocenters. The lowest BCUT2D eigenvalue weighted by Gasteiger charge is -2.43. The van der Waals surface area contributed by atoms with Crippen LogP contribution in [0.2, 0.25) is 0 Å². The molecule has 6 nitrogen and oxygen atoms in total. The van der Waals surface area contributed by atoms with Gasteiger partial charge in [-0.1, -0.05) is 19.9 Å². The number of rotatable bonds is 7. The molecule has 1 N–H and O–H groups in total. The Morgan fingerprint density at radius 3 is 2.64 bits per heavy atom. The zero-order valence-electron chi connectivity index (χ0n) is 15.9. The van der Waals surface area contributed by atoms with Crippen LogP contribution in [0.5, 0.6) is 11.5 Å². The van der Waals surface area contributed by atoms with Gasteiger partial charge in [0.2, 0.25) is 5.91 Å². The number of methoxy groups -OCH3 is 1. The number of hydrogen-bond donors (Lipinski definition) is 1. The molecular formula is C19H30N2O4. The first-order chi connectivity index (χ1) is 11.9. The van der Waals surface area contributed by atoms with Crippen molar-refractivity contribution in [1.29, 1.82) is 0 Å². The Hall–Kier alpha value is -1.79. The van der Waals surface area contributed by atoms with Crippen LogP contribution >= 0.6 is 0 Å². The SMILES string of the molecule is COc1cc(CN2[C@H](CO)CN(C)C(=O)[C@@H]2C)ccc1OCC(C)C. The van der Waals surface area contributed by atoms with Crippen LogP contribution in [0.4, 0.5) is 0 Å². The second-order valence-corrected chi connectivity index (χ2v) is 7.09. The molecule has 140 valence electrons. The number of aliphatic hydroxyl groups is 1. The smallest absolute Gasteiger partial charge is 0.239 e. The van der Waals surface area contributed by atoms with Crippen LogP contribution in [0, 0.1) is 5.92 Å². The van der Waals surface area contributed by atoms with Crippen LogP contribution in [0.15, 0.2) is 18.2 Å². The minimum Gasteiger partial charge on any atom is -0.493 e. The van der Waals surface area contributed by atoms with Gasteiger partial charge in [-0.3, -0.25) is 9.69 Å². The summed E-state index contributed by atoms with van der Waals surface area (Å²) in [7, 11) is 3.41. The highest BCUT2D eigenvalue weighted by atomic mass is 16.5. The molecule has 1 aliphatic heterocycles. The van der Waals surface area contributed by atoms with E-state index in [1.165, 1.54) is 0 Å². The highest BCUT2D eigenvalue weighted by molar-refractivity contribution is 5.82. The van der Waals surface area contributed by atoms with E-state index >= 15 is 0 Å². The summed E-state index contributed by atoms with van der Waals surface area (Å²) in [5, 5.41) is 9.70. The summed E-state index contributed by atoms with van der Waals surface area (Å²) >= 11 is 0. The summed E-state index contributed by atoms with van der Waals surface area (Å²) in [5.74, 6) is 1.92. The fourth-order valence-electron chi connectivity index (χ4n) is 3.11. The molecule has 0 saturated carbocycles. The quantitative estimate of drug-likeness (QED) is 0.812. The molecule has 1 fully saturated rings. The molecule has 1 saturated heterocycles. The van der Waals surface area contributed by atoms with Crippen molar-refractivity contribution in [2.45, 2.75) is 39.4 Å². The van der Waals surface area contributed by atoms with Gasteiger partial charge in [0.05, 0.1) is 32.4 Å². The molecule has 6 heteroatoms. The third-order valence-corrected chi connectivity index (χ3v) is 4.56. The van der Waals surface area contributed by atoms with Gasteiger partial charge in [0.25, 0.3) is 0 Å². The Bertz CT molecular complexity index is 591. The van der Waals surface area contributed by atoms with E-state index in [0.717, 1.165) is 11.3 Å². The number of amides is 1. The van der Waals surface area contributed by atoms with Crippen molar-refractivity contribution in [3.8, 4) is 11.5 Å². The molecule has 1 aliphatic rings. The van der Waals surface area contributed by atoms with Crippen molar-refractivity contribution in [2.24, 2.45) is 5.92 Å². The average Bonchev–Trinajstić information content (AvgIpc) is 2.60. The number of carbonyl (C=O) groups is 1. The topological polar surface area (TPSA) is 62.2 Å². The number of ether oxygens (including phenoxy) is 2. The molecule has 1 aromatic carbocycles. The van der Waals surface area contributed by atoms with E-state index in [4.69, 9.17) is 9.47 Å². The van der Waals surface area contributed by atoms with E-state index in [2.05, 4.69) is 13.8 Å². The van der Waals surface area contributed by atoms with Gasteiger partial charge in [0, 0.05) is 20.1 Å². The monoisotopic (exact) mass is 350 g/mol. The zero-order valence-corrected chi connectivity index (χ0v) is 15.9. The first-order valence-electron chi connectivity index (χ1n) is 8.78. The second-order valence-electron chi connectivity index (χ2n) is 7.09. The van der Waals surface area contributed by atoms with Crippen molar-refractivity contribution in [3.63, 3.8) is 0 Å². The van der Waals surface area contributed by atoms with Crippen molar-refractivity contribution in [2.75, 3.05) is 33.9 Å². The molecule has 0 radical (unpaired) electrons. The summed E-state index contributed by atoms with van der Waals surface area (Å²) in [5.41, 5.74) is 1.02. The summed E-state index contributed by atoms with van der Waals surface area (Å²) in [4.78, 5) is 16.0. The fraction of sp³-hybridized carbons (Fsp3) is 0.632. The van der Waals surface area contributed by atoms with Crippen LogP contribution in [0.3, 0.4) is 0 Å². The van der Waals surface area contributed by atoms with Crippen molar-refractivity contribution >= 4 is 5.91 Å². The van der Waals surface area contributed by atoms with Gasteiger partial charge in [-0.05, 0) is 30.5 Å². The molecule has 0 spiro atoms. The lowest BCUT2D eigenvalue weighted by atomic mass is 10.0. The number of aliphatic hydroxyl groups excluding tert-OH is 1. The van der Waals surface area contributed by atoms with Gasteiger partial charge in [0.1, 0.15) is 0 Å². The van der Waals surface area contributed by atoms with E-state index < -0.39 is 0 Å². The number of likely N-dealkylation sites (N-methyl/N-ethyl adjacent to an activating group) is 1. The van der Waals surface area contributed by atoms with Gasteiger partial charge in [-0.2, -0.15) is 0 Å². The number of piperazine rings is 1. The molecule has 0 aromatic heterocycles.